The molecule has 0 unspecified atom stereocenters. The molecule has 4 aromatic rings. The number of benzene rings is 3. The Morgan fingerprint density at radius 1 is 1.09 bits per heavy atom. The molecule has 7 heteroatoms. The summed E-state index contributed by atoms with van der Waals surface area (Å²) in [5, 5.41) is 1.87. The average molecular weight is 579 g/mol. The molecule has 1 aliphatic rings. The van der Waals surface area contributed by atoms with Gasteiger partial charge in [-0.3, -0.25) is 9.69 Å². The van der Waals surface area contributed by atoms with Gasteiger partial charge in [-0.2, -0.15) is 0 Å². The van der Waals surface area contributed by atoms with E-state index in [-0.39, 0.29) is 5.91 Å². The molecule has 1 N–H and O–H groups in total. The molecule has 5 rings (SSSR count). The van der Waals surface area contributed by atoms with Crippen molar-refractivity contribution < 1.29 is 9.53 Å². The Balaban J connectivity index is 1.45. The molecule has 1 aromatic heterocycles. The molecule has 1 aliphatic heterocycles. The summed E-state index contributed by atoms with van der Waals surface area (Å²) in [7, 11) is 1.64. The minimum atomic E-state index is -0.0176. The predicted octanol–water partition coefficient (Wildman–Crippen LogP) is 6.63. The molecule has 0 bridgehead atoms. The van der Waals surface area contributed by atoms with Crippen LogP contribution in [0.25, 0.3) is 17.0 Å². The number of ether oxygens (including phenoxy) is 1. The normalized spacial score (nSPS) is 16.2. The second-order valence-electron chi connectivity index (χ2n) is 7.82. The summed E-state index contributed by atoms with van der Waals surface area (Å²) < 4.78 is 6.38. The molecule has 5 nitrogen and oxygen atoms in total. The molecule has 0 radical (unpaired) electrons. The van der Waals surface area contributed by atoms with Gasteiger partial charge in [-0.25, -0.2) is 4.99 Å². The minimum Gasteiger partial charge on any atom is -0.497 e. The Bertz CT molecular complexity index is 1410. The van der Waals surface area contributed by atoms with E-state index >= 15 is 0 Å². The molecule has 0 aliphatic carbocycles. The SMILES string of the molecule is COc1ccc(N=C2S/C(=C\c3cccc(I)c3)C(=O)N2CCc2c[nH]c3ccccc23)cc1. The summed E-state index contributed by atoms with van der Waals surface area (Å²) in [6, 6.07) is 23.9. The summed E-state index contributed by atoms with van der Waals surface area (Å²) in [6.45, 7) is 0.548. The quantitative estimate of drug-likeness (QED) is 0.206. The second-order valence-corrected chi connectivity index (χ2v) is 10.1. The van der Waals surface area contributed by atoms with Gasteiger partial charge in [-0.1, -0.05) is 30.3 Å². The van der Waals surface area contributed by atoms with Gasteiger partial charge in [-0.05, 0) is 100 Å². The molecule has 2 heterocycles. The van der Waals surface area contributed by atoms with Gasteiger partial charge in [0.25, 0.3) is 5.91 Å². The van der Waals surface area contributed by atoms with E-state index in [1.165, 1.54) is 22.7 Å². The van der Waals surface area contributed by atoms with Gasteiger partial charge >= 0.3 is 0 Å². The first-order valence-electron chi connectivity index (χ1n) is 10.9. The van der Waals surface area contributed by atoms with Crippen molar-refractivity contribution in [3.05, 3.63) is 98.6 Å². The standard InChI is InChI=1S/C27H22IN3O2S/c1-33-22-11-9-21(10-12-22)30-27-31(14-13-19-17-29-24-8-3-2-7-23(19)24)26(32)25(34-27)16-18-5-4-6-20(28)15-18/h2-12,15-17,29H,13-14H2,1H3/b25-16-,30-27?. The van der Waals surface area contributed by atoms with E-state index in [0.717, 1.165) is 32.5 Å². The third kappa shape index (κ3) is 4.90. The lowest BCUT2D eigenvalue weighted by Gasteiger charge is -2.15. The number of H-pyrrole nitrogens is 1. The zero-order chi connectivity index (χ0) is 23.5. The fraction of sp³-hybridized carbons (Fsp3) is 0.111. The van der Waals surface area contributed by atoms with Crippen molar-refractivity contribution in [1.82, 2.24) is 9.88 Å². The number of amidine groups is 1. The van der Waals surface area contributed by atoms with Crippen LogP contribution in [0.1, 0.15) is 11.1 Å². The van der Waals surface area contributed by atoms with E-state index in [1.54, 1.807) is 12.0 Å². The fourth-order valence-corrected chi connectivity index (χ4v) is 5.47. The van der Waals surface area contributed by atoms with Gasteiger partial charge < -0.3 is 9.72 Å². The van der Waals surface area contributed by atoms with Crippen molar-refractivity contribution >= 4 is 68.1 Å². The van der Waals surface area contributed by atoms with E-state index in [9.17, 15) is 4.79 Å². The van der Waals surface area contributed by atoms with E-state index in [2.05, 4.69) is 45.8 Å². The average Bonchev–Trinajstić information content (AvgIpc) is 3.39. The summed E-state index contributed by atoms with van der Waals surface area (Å²) >= 11 is 3.70. The van der Waals surface area contributed by atoms with Crippen LogP contribution >= 0.6 is 34.4 Å². The first-order valence-corrected chi connectivity index (χ1v) is 12.7. The minimum absolute atomic E-state index is 0.0176. The molecule has 0 saturated carbocycles. The number of para-hydroxylation sites is 1. The summed E-state index contributed by atoms with van der Waals surface area (Å²) in [5.74, 6) is 0.755. The number of carbonyl (C=O) groups excluding carboxylic acids is 1. The summed E-state index contributed by atoms with van der Waals surface area (Å²) in [5.41, 5.74) is 4.08. The molecule has 0 spiro atoms. The number of methoxy groups -OCH3 is 1. The number of fused-ring (bicyclic) bond motifs is 1. The molecule has 1 saturated heterocycles. The first kappa shape index (κ1) is 22.7. The number of aromatic amines is 1. The van der Waals surface area contributed by atoms with Crippen molar-refractivity contribution in [1.29, 1.82) is 0 Å². The number of carbonyl (C=O) groups is 1. The first-order chi connectivity index (χ1) is 16.6. The Morgan fingerprint density at radius 2 is 1.91 bits per heavy atom. The number of amides is 1. The highest BCUT2D eigenvalue weighted by atomic mass is 127. The van der Waals surface area contributed by atoms with Gasteiger partial charge in [0.2, 0.25) is 0 Å². The van der Waals surface area contributed by atoms with Gasteiger partial charge in [-0.15, -0.1) is 0 Å². The largest absolute Gasteiger partial charge is 0.497 e. The van der Waals surface area contributed by atoms with Crippen LogP contribution in [0.15, 0.2) is 88.9 Å². The highest BCUT2D eigenvalue weighted by Gasteiger charge is 2.33. The molecular weight excluding hydrogens is 557 g/mol. The Labute approximate surface area is 216 Å². The smallest absolute Gasteiger partial charge is 0.266 e. The van der Waals surface area contributed by atoms with Gasteiger partial charge in [0.15, 0.2) is 5.17 Å². The number of aliphatic imine (C=N–C) groups is 1. The zero-order valence-corrected chi connectivity index (χ0v) is 21.5. The number of nitrogens with zero attached hydrogens (tertiary/aromatic N) is 2. The number of hydrogen-bond acceptors (Lipinski definition) is 4. The van der Waals surface area contributed by atoms with Crippen LogP contribution in [0.3, 0.4) is 0 Å². The molecule has 1 fully saturated rings. The number of aromatic nitrogens is 1. The monoisotopic (exact) mass is 579 g/mol. The van der Waals surface area contributed by atoms with Crippen LogP contribution in [0.2, 0.25) is 0 Å². The second kappa shape index (κ2) is 10.1. The highest BCUT2D eigenvalue weighted by molar-refractivity contribution is 14.1. The molecular formula is C27H22IN3O2S. The van der Waals surface area contributed by atoms with Crippen molar-refractivity contribution in [2.75, 3.05) is 13.7 Å². The fourth-order valence-electron chi connectivity index (χ4n) is 3.87. The van der Waals surface area contributed by atoms with Crippen LogP contribution in [0.5, 0.6) is 5.75 Å². The van der Waals surface area contributed by atoms with Crippen LogP contribution < -0.4 is 4.74 Å². The number of thioether (sulfide) groups is 1. The van der Waals surface area contributed by atoms with Crippen LogP contribution in [0.4, 0.5) is 5.69 Å². The number of halogens is 1. The lowest BCUT2D eigenvalue weighted by Crippen LogP contribution is -2.31. The predicted molar refractivity (Wildman–Crippen MR) is 149 cm³/mol. The molecule has 3 aromatic carbocycles. The number of rotatable bonds is 6. The molecule has 34 heavy (non-hydrogen) atoms. The van der Waals surface area contributed by atoms with Gasteiger partial charge in [0.1, 0.15) is 5.75 Å². The van der Waals surface area contributed by atoms with Crippen molar-refractivity contribution in [2.24, 2.45) is 4.99 Å². The zero-order valence-electron chi connectivity index (χ0n) is 18.5. The Morgan fingerprint density at radius 3 is 2.71 bits per heavy atom. The molecule has 1 amide bonds. The van der Waals surface area contributed by atoms with Crippen molar-refractivity contribution in [3.8, 4) is 5.75 Å². The third-order valence-corrected chi connectivity index (χ3v) is 7.29. The van der Waals surface area contributed by atoms with E-state index in [4.69, 9.17) is 9.73 Å². The Hall–Kier alpha value is -3.04. The van der Waals surface area contributed by atoms with E-state index in [0.29, 0.717) is 16.6 Å². The number of nitrogens with one attached hydrogen (secondary N) is 1. The third-order valence-electron chi connectivity index (χ3n) is 5.61. The topological polar surface area (TPSA) is 57.7 Å². The number of hydrogen-bond donors (Lipinski definition) is 1. The maximum absolute atomic E-state index is 13.4. The van der Waals surface area contributed by atoms with Gasteiger partial charge in [0, 0.05) is 27.2 Å². The molecule has 170 valence electrons. The lowest BCUT2D eigenvalue weighted by atomic mass is 10.1. The summed E-state index contributed by atoms with van der Waals surface area (Å²) in [4.78, 5) is 24.0. The Kier molecular flexibility index (Phi) is 6.73. The van der Waals surface area contributed by atoms with Gasteiger partial charge in [0.05, 0.1) is 17.7 Å². The maximum Gasteiger partial charge on any atom is 0.266 e. The highest BCUT2D eigenvalue weighted by Crippen LogP contribution is 2.35. The lowest BCUT2D eigenvalue weighted by molar-refractivity contribution is -0.122. The van der Waals surface area contributed by atoms with E-state index < -0.39 is 0 Å². The van der Waals surface area contributed by atoms with Crippen LogP contribution in [-0.2, 0) is 11.2 Å². The van der Waals surface area contributed by atoms with E-state index in [1.807, 2.05) is 66.9 Å². The van der Waals surface area contributed by atoms with Crippen molar-refractivity contribution in [3.63, 3.8) is 0 Å². The molecule has 0 atom stereocenters. The van der Waals surface area contributed by atoms with Crippen LogP contribution in [0, 0.1) is 3.57 Å². The maximum atomic E-state index is 13.4. The van der Waals surface area contributed by atoms with Crippen molar-refractivity contribution in [2.45, 2.75) is 6.42 Å². The summed E-state index contributed by atoms with van der Waals surface area (Å²) in [6.07, 6.45) is 4.71. The van der Waals surface area contributed by atoms with Crippen LogP contribution in [-0.4, -0.2) is 34.6 Å².